The molecule has 4 nitrogen and oxygen atoms in total. The van der Waals surface area contributed by atoms with Crippen LogP contribution < -0.4 is 5.32 Å². The Morgan fingerprint density at radius 3 is 3.05 bits per heavy atom. The Labute approximate surface area is 123 Å². The maximum absolute atomic E-state index is 9.42. The van der Waals surface area contributed by atoms with Gasteiger partial charge in [-0.1, -0.05) is 25.6 Å². The molecular weight excluding hydrogens is 276 g/mol. The molecule has 0 aromatic carbocycles. The van der Waals surface area contributed by atoms with Gasteiger partial charge in [0.15, 0.2) is 4.34 Å². The molecule has 1 fully saturated rings. The summed E-state index contributed by atoms with van der Waals surface area (Å²) >= 11 is 3.28. The van der Waals surface area contributed by atoms with Gasteiger partial charge in [-0.3, -0.25) is 5.32 Å². The third-order valence-corrected chi connectivity index (χ3v) is 5.52. The van der Waals surface area contributed by atoms with Crippen LogP contribution in [0, 0.1) is 11.3 Å². The highest BCUT2D eigenvalue weighted by atomic mass is 32.2. The Morgan fingerprint density at radius 1 is 1.58 bits per heavy atom. The molecule has 2 atom stereocenters. The zero-order valence-corrected chi connectivity index (χ0v) is 13.1. The Hall–Kier alpha value is -0.640. The molecule has 0 spiro atoms. The largest absolute Gasteiger partial charge is 0.299 e. The number of nitriles is 1. The topological polar surface area (TPSA) is 61.6 Å². The second kappa shape index (κ2) is 6.69. The summed E-state index contributed by atoms with van der Waals surface area (Å²) in [6.45, 7) is 5.12. The fourth-order valence-corrected chi connectivity index (χ4v) is 4.58. The fraction of sp³-hybridized carbons (Fsp3) is 0.769. The lowest BCUT2D eigenvalue weighted by molar-refractivity contribution is 0.424. The van der Waals surface area contributed by atoms with Gasteiger partial charge in [0.2, 0.25) is 0 Å². The molecule has 104 valence electrons. The van der Waals surface area contributed by atoms with Crippen molar-refractivity contribution in [1.29, 1.82) is 5.26 Å². The predicted molar refractivity (Wildman–Crippen MR) is 79.4 cm³/mol. The first kappa shape index (κ1) is 14.8. The highest BCUT2D eigenvalue weighted by Crippen LogP contribution is 2.40. The lowest BCUT2D eigenvalue weighted by atomic mass is 10.00. The van der Waals surface area contributed by atoms with E-state index < -0.39 is 0 Å². The third kappa shape index (κ3) is 3.68. The molecule has 0 aliphatic heterocycles. The Balaban J connectivity index is 1.92. The monoisotopic (exact) mass is 296 g/mol. The molecule has 0 bridgehead atoms. The molecule has 2 rings (SSSR count). The molecule has 1 N–H and O–H groups in total. The van der Waals surface area contributed by atoms with Crippen LogP contribution in [0.3, 0.4) is 0 Å². The molecular formula is C13H20N4S2. The maximum Gasteiger partial charge on any atom is 0.170 e. The second-order valence-corrected chi connectivity index (χ2v) is 7.23. The molecule has 1 aromatic rings. The van der Waals surface area contributed by atoms with Gasteiger partial charge >= 0.3 is 0 Å². The van der Waals surface area contributed by atoms with Crippen LogP contribution in [0.4, 0.5) is 0 Å². The maximum atomic E-state index is 9.42. The molecule has 2 unspecified atom stereocenters. The first-order chi connectivity index (χ1) is 9.21. The lowest BCUT2D eigenvalue weighted by Crippen LogP contribution is -2.42. The third-order valence-electron chi connectivity index (χ3n) is 3.43. The number of rotatable bonds is 6. The highest BCUT2D eigenvalue weighted by molar-refractivity contribution is 8.01. The van der Waals surface area contributed by atoms with E-state index in [0.29, 0.717) is 5.25 Å². The number of aryl methyl sites for hydroxylation is 1. The molecule has 6 heteroatoms. The van der Waals surface area contributed by atoms with E-state index in [1.165, 1.54) is 11.5 Å². The Morgan fingerprint density at radius 2 is 2.42 bits per heavy atom. The van der Waals surface area contributed by atoms with E-state index in [0.717, 1.165) is 48.8 Å². The Kier molecular flexibility index (Phi) is 5.20. The molecule has 0 radical (unpaired) electrons. The summed E-state index contributed by atoms with van der Waals surface area (Å²) in [7, 11) is 0. The quantitative estimate of drug-likeness (QED) is 0.874. The fourth-order valence-electron chi connectivity index (χ4n) is 2.34. The van der Waals surface area contributed by atoms with Crippen LogP contribution in [0.5, 0.6) is 0 Å². The molecule has 0 saturated heterocycles. The predicted octanol–water partition coefficient (Wildman–Crippen LogP) is 3.01. The molecule has 19 heavy (non-hydrogen) atoms. The van der Waals surface area contributed by atoms with Gasteiger partial charge in [-0.2, -0.15) is 9.64 Å². The minimum absolute atomic E-state index is 0.314. The Bertz CT molecular complexity index is 454. The van der Waals surface area contributed by atoms with Crippen molar-refractivity contribution in [3.05, 3.63) is 5.82 Å². The molecule has 1 aliphatic carbocycles. The first-order valence-corrected chi connectivity index (χ1v) is 8.52. The van der Waals surface area contributed by atoms with Crippen molar-refractivity contribution < 1.29 is 0 Å². The van der Waals surface area contributed by atoms with Crippen LogP contribution in [0.25, 0.3) is 0 Å². The van der Waals surface area contributed by atoms with Crippen LogP contribution in [-0.4, -0.2) is 26.7 Å². The number of thioether (sulfide) groups is 1. The summed E-state index contributed by atoms with van der Waals surface area (Å²) < 4.78 is 5.36. The molecule has 1 heterocycles. The summed E-state index contributed by atoms with van der Waals surface area (Å²) in [5.74, 6) is 0.932. The van der Waals surface area contributed by atoms with E-state index in [2.05, 4.69) is 34.6 Å². The minimum Gasteiger partial charge on any atom is -0.299 e. The van der Waals surface area contributed by atoms with Crippen LogP contribution in [0.1, 0.15) is 45.4 Å². The van der Waals surface area contributed by atoms with Crippen molar-refractivity contribution in [1.82, 2.24) is 14.7 Å². The average molecular weight is 296 g/mol. The van der Waals surface area contributed by atoms with Crippen LogP contribution in [-0.2, 0) is 6.42 Å². The SMILES string of the molecule is CCCNC1(C#N)CCC(Sc2nc(CC)ns2)C1. The van der Waals surface area contributed by atoms with Crippen LogP contribution in [0.2, 0.25) is 0 Å². The number of nitrogens with zero attached hydrogens (tertiary/aromatic N) is 3. The minimum atomic E-state index is -0.314. The number of hydrogen-bond donors (Lipinski definition) is 1. The number of nitrogens with one attached hydrogen (secondary N) is 1. The van der Waals surface area contributed by atoms with E-state index in [4.69, 9.17) is 0 Å². The van der Waals surface area contributed by atoms with Gasteiger partial charge in [0.1, 0.15) is 11.4 Å². The van der Waals surface area contributed by atoms with Crippen molar-refractivity contribution in [2.75, 3.05) is 6.54 Å². The van der Waals surface area contributed by atoms with Crippen LogP contribution >= 0.6 is 23.3 Å². The molecule has 0 amide bonds. The normalized spacial score (nSPS) is 26.5. The van der Waals surface area contributed by atoms with Gasteiger partial charge < -0.3 is 0 Å². The van der Waals surface area contributed by atoms with E-state index in [-0.39, 0.29) is 5.54 Å². The second-order valence-electron chi connectivity index (χ2n) is 4.93. The van der Waals surface area contributed by atoms with Crippen molar-refractivity contribution in [3.8, 4) is 6.07 Å². The van der Waals surface area contributed by atoms with E-state index in [1.807, 2.05) is 0 Å². The molecule has 1 aliphatic rings. The lowest BCUT2D eigenvalue weighted by Gasteiger charge is -2.22. The summed E-state index contributed by atoms with van der Waals surface area (Å²) in [5.41, 5.74) is -0.314. The van der Waals surface area contributed by atoms with Crippen molar-refractivity contribution >= 4 is 23.3 Å². The average Bonchev–Trinajstić information content (AvgIpc) is 3.05. The first-order valence-electron chi connectivity index (χ1n) is 6.87. The summed E-state index contributed by atoms with van der Waals surface area (Å²) in [6.07, 6.45) is 4.89. The van der Waals surface area contributed by atoms with Gasteiger partial charge in [-0.05, 0) is 43.8 Å². The van der Waals surface area contributed by atoms with Crippen molar-refractivity contribution in [2.24, 2.45) is 0 Å². The van der Waals surface area contributed by atoms with E-state index in [9.17, 15) is 5.26 Å². The standard InChI is InChI=1S/C13H20N4S2/c1-3-7-15-13(9-14)6-5-10(8-13)18-12-16-11(4-2)17-19-12/h10,15H,3-8H2,1-2H3. The number of hydrogen-bond acceptors (Lipinski definition) is 6. The summed E-state index contributed by atoms with van der Waals surface area (Å²) in [4.78, 5) is 4.50. The smallest absolute Gasteiger partial charge is 0.170 e. The highest BCUT2D eigenvalue weighted by Gasteiger charge is 2.39. The zero-order chi connectivity index (χ0) is 13.7. The van der Waals surface area contributed by atoms with E-state index >= 15 is 0 Å². The van der Waals surface area contributed by atoms with Gasteiger partial charge in [-0.15, -0.1) is 0 Å². The van der Waals surface area contributed by atoms with Gasteiger partial charge in [-0.25, -0.2) is 4.98 Å². The van der Waals surface area contributed by atoms with Gasteiger partial charge in [0.05, 0.1) is 6.07 Å². The van der Waals surface area contributed by atoms with E-state index in [1.54, 1.807) is 11.8 Å². The molecule has 1 saturated carbocycles. The van der Waals surface area contributed by atoms with Crippen molar-refractivity contribution in [2.45, 2.75) is 61.1 Å². The van der Waals surface area contributed by atoms with Gasteiger partial charge in [0.25, 0.3) is 0 Å². The zero-order valence-electron chi connectivity index (χ0n) is 11.5. The van der Waals surface area contributed by atoms with Crippen LogP contribution in [0.15, 0.2) is 4.34 Å². The van der Waals surface area contributed by atoms with Crippen molar-refractivity contribution in [3.63, 3.8) is 0 Å². The summed E-state index contributed by atoms with van der Waals surface area (Å²) in [5, 5.41) is 13.3. The molecule has 1 aromatic heterocycles. The van der Waals surface area contributed by atoms with Gasteiger partial charge in [0, 0.05) is 11.7 Å². The summed E-state index contributed by atoms with van der Waals surface area (Å²) in [6, 6.07) is 2.49. The number of aromatic nitrogens is 2.